The zero-order chi connectivity index (χ0) is 37.8. The zero-order valence-corrected chi connectivity index (χ0v) is 30.5. The van der Waals surface area contributed by atoms with Crippen molar-refractivity contribution in [2.45, 2.75) is 86.3 Å². The van der Waals surface area contributed by atoms with Crippen LogP contribution in [0.2, 0.25) is 0 Å². The molecule has 4 N–H and O–H groups in total. The summed E-state index contributed by atoms with van der Waals surface area (Å²) < 4.78 is 39.2. The number of methoxy groups -OCH3 is 2. The molecule has 52 heavy (non-hydrogen) atoms. The predicted molar refractivity (Wildman–Crippen MR) is 197 cm³/mol. The highest BCUT2D eigenvalue weighted by Gasteiger charge is 2.62. The largest absolute Gasteiger partial charge is 0.496 e. The van der Waals surface area contributed by atoms with Crippen LogP contribution in [-0.2, 0) is 34.7 Å². The van der Waals surface area contributed by atoms with Gasteiger partial charge in [0.25, 0.3) is 5.91 Å². The van der Waals surface area contributed by atoms with E-state index in [-0.39, 0.29) is 25.8 Å². The molecule has 0 bridgehead atoms. The third kappa shape index (κ3) is 7.87. The quantitative estimate of drug-likeness (QED) is 0.128. The van der Waals surface area contributed by atoms with Crippen molar-refractivity contribution in [3.05, 3.63) is 73.3 Å². The number of hydrogen-bond donors (Lipinski definition) is 4. The van der Waals surface area contributed by atoms with E-state index in [4.69, 9.17) is 9.47 Å². The van der Waals surface area contributed by atoms with Crippen molar-refractivity contribution in [1.29, 1.82) is 0 Å². The SMILES string of the molecule is C=CCCCCC[C@H](NC(=O)O)C(=O)N1C[C@](OC)(c2ccc3cc(OC)c(C=C)cc3c2)C[C@H]1C(=O)NC1(C(=O)NS(=O)(=O)C2CC2)CC1C=C. The standard InChI is InChI=1S/C38H48N4O9S/c1-6-9-10-11-12-13-30(39-36(46)47)34(44)42-23-37(51-5,28-15-14-25-20-32(50-4)24(7-2)18-26(25)19-28)22-31(42)33(43)40-38(21-27(38)8-3)35(45)41-52(48,49)29-16-17-29/h6-8,14-15,18-20,27,29-31,39H,1-3,9-13,16-17,21-23H2,4-5H3,(H,40,43)(H,41,45)(H,46,47)/t27?,30-,31-,37-,38?/m0/s1. The van der Waals surface area contributed by atoms with Crippen molar-refractivity contribution < 1.29 is 42.2 Å². The van der Waals surface area contributed by atoms with Crippen molar-refractivity contribution in [3.8, 4) is 5.75 Å². The number of allylic oxidation sites excluding steroid dienone is 1. The molecule has 5 rings (SSSR count). The van der Waals surface area contributed by atoms with Gasteiger partial charge in [-0.2, -0.15) is 0 Å². The molecule has 1 aliphatic heterocycles. The highest BCUT2D eigenvalue weighted by atomic mass is 32.2. The molecule has 13 nitrogen and oxygen atoms in total. The molecule has 2 aromatic carbocycles. The van der Waals surface area contributed by atoms with Crippen molar-refractivity contribution in [2.75, 3.05) is 20.8 Å². The number of hydrogen-bond acceptors (Lipinski definition) is 8. The maximum Gasteiger partial charge on any atom is 0.405 e. The molecule has 2 saturated carbocycles. The van der Waals surface area contributed by atoms with Gasteiger partial charge in [-0.15, -0.1) is 13.2 Å². The van der Waals surface area contributed by atoms with Gasteiger partial charge < -0.3 is 30.1 Å². The molecule has 5 atom stereocenters. The summed E-state index contributed by atoms with van der Waals surface area (Å²) in [6.07, 6.45) is 7.64. The number of rotatable bonds is 18. The second-order valence-electron chi connectivity index (χ2n) is 13.9. The molecule has 2 unspecified atom stereocenters. The first-order chi connectivity index (χ1) is 24.8. The number of likely N-dealkylation sites (tertiary alicyclic amines) is 1. The lowest BCUT2D eigenvalue weighted by Crippen LogP contribution is -2.58. The van der Waals surface area contributed by atoms with Crippen molar-refractivity contribution >= 4 is 50.7 Å². The van der Waals surface area contributed by atoms with Crippen LogP contribution >= 0.6 is 0 Å². The summed E-state index contributed by atoms with van der Waals surface area (Å²) in [5.41, 5.74) is -1.37. The fraction of sp³-hybridized carbons (Fsp3) is 0.474. The number of fused-ring (bicyclic) bond motifs is 1. The Kier molecular flexibility index (Phi) is 11.5. The third-order valence-corrected chi connectivity index (χ3v) is 12.3. The van der Waals surface area contributed by atoms with Gasteiger partial charge in [0, 0.05) is 25.0 Å². The number of carbonyl (C=O) groups excluding carboxylic acids is 3. The summed E-state index contributed by atoms with van der Waals surface area (Å²) in [5.74, 6) is -2.07. The van der Waals surface area contributed by atoms with Gasteiger partial charge in [-0.05, 0) is 73.1 Å². The molecule has 2 aliphatic carbocycles. The fourth-order valence-electron chi connectivity index (χ4n) is 7.17. The number of carboxylic acid groups (broad SMARTS) is 1. The van der Waals surface area contributed by atoms with Gasteiger partial charge in [-0.25, -0.2) is 13.2 Å². The minimum absolute atomic E-state index is 0.0347. The molecule has 4 amide bonds. The average Bonchev–Trinajstić information content (AvgIpc) is 4.06. The number of unbranched alkanes of at least 4 members (excludes halogenated alkanes) is 3. The van der Waals surface area contributed by atoms with Gasteiger partial charge in [0.15, 0.2) is 0 Å². The van der Waals surface area contributed by atoms with Gasteiger partial charge in [0.05, 0.1) is 18.9 Å². The number of ether oxygens (including phenoxy) is 2. The van der Waals surface area contributed by atoms with Crippen LogP contribution in [0.1, 0.15) is 68.9 Å². The zero-order valence-electron chi connectivity index (χ0n) is 29.7. The Labute approximate surface area is 304 Å². The molecule has 1 heterocycles. The van der Waals surface area contributed by atoms with Crippen LogP contribution in [0, 0.1) is 5.92 Å². The highest BCUT2D eigenvalue weighted by Crippen LogP contribution is 2.47. The number of nitrogens with one attached hydrogen (secondary N) is 3. The van der Waals surface area contributed by atoms with Crippen molar-refractivity contribution in [2.24, 2.45) is 5.92 Å². The Balaban J connectivity index is 1.50. The summed E-state index contributed by atoms with van der Waals surface area (Å²) in [7, 11) is -0.862. The predicted octanol–water partition coefficient (Wildman–Crippen LogP) is 4.38. The topological polar surface area (TPSA) is 180 Å². The van der Waals surface area contributed by atoms with E-state index in [1.54, 1.807) is 19.3 Å². The number of benzene rings is 2. The Morgan fingerprint density at radius 2 is 1.79 bits per heavy atom. The van der Waals surface area contributed by atoms with E-state index in [0.717, 1.165) is 35.6 Å². The molecule has 3 aliphatic rings. The van der Waals surface area contributed by atoms with Crippen LogP contribution in [0.5, 0.6) is 5.75 Å². The summed E-state index contributed by atoms with van der Waals surface area (Å²) in [4.78, 5) is 55.5. The van der Waals surface area contributed by atoms with Crippen LogP contribution < -0.4 is 20.1 Å². The minimum Gasteiger partial charge on any atom is -0.496 e. The minimum atomic E-state index is -3.92. The van der Waals surface area contributed by atoms with Crippen LogP contribution in [0.3, 0.4) is 0 Å². The first-order valence-corrected chi connectivity index (χ1v) is 19.0. The second-order valence-corrected chi connectivity index (χ2v) is 15.8. The molecule has 280 valence electrons. The van der Waals surface area contributed by atoms with Crippen LogP contribution in [0.15, 0.2) is 62.2 Å². The van der Waals surface area contributed by atoms with E-state index >= 15 is 0 Å². The molecule has 0 aromatic heterocycles. The van der Waals surface area contributed by atoms with Gasteiger partial charge in [-0.1, -0.05) is 49.8 Å². The van der Waals surface area contributed by atoms with E-state index in [1.165, 1.54) is 18.1 Å². The smallest absolute Gasteiger partial charge is 0.405 e. The highest BCUT2D eigenvalue weighted by molar-refractivity contribution is 7.91. The van der Waals surface area contributed by atoms with E-state index in [0.29, 0.717) is 30.6 Å². The summed E-state index contributed by atoms with van der Waals surface area (Å²) in [5, 5.41) is 15.9. The lowest BCUT2D eigenvalue weighted by atomic mass is 9.88. The molecule has 3 fully saturated rings. The van der Waals surface area contributed by atoms with E-state index < -0.39 is 68.2 Å². The summed E-state index contributed by atoms with van der Waals surface area (Å²) >= 11 is 0. The number of nitrogens with zero attached hydrogens (tertiary/aromatic N) is 1. The molecule has 0 radical (unpaired) electrons. The van der Waals surface area contributed by atoms with E-state index in [9.17, 15) is 32.7 Å². The average molecular weight is 737 g/mol. The number of amides is 4. The first kappa shape index (κ1) is 38.5. The molecular formula is C38H48N4O9S. The van der Waals surface area contributed by atoms with E-state index in [1.807, 2.05) is 30.3 Å². The molecule has 0 spiro atoms. The lowest BCUT2D eigenvalue weighted by Gasteiger charge is -2.30. The Morgan fingerprint density at radius 1 is 1.04 bits per heavy atom. The van der Waals surface area contributed by atoms with Gasteiger partial charge in [0.2, 0.25) is 21.8 Å². The van der Waals surface area contributed by atoms with Crippen LogP contribution in [0.25, 0.3) is 16.8 Å². The molecular weight excluding hydrogens is 689 g/mol. The summed E-state index contributed by atoms with van der Waals surface area (Å²) in [6, 6.07) is 7.07. The second kappa shape index (κ2) is 15.5. The number of sulfonamides is 1. The first-order valence-electron chi connectivity index (χ1n) is 17.5. The maximum absolute atomic E-state index is 14.4. The molecule has 14 heteroatoms. The molecule has 1 saturated heterocycles. The number of carbonyl (C=O) groups is 4. The normalized spacial score (nSPS) is 24.4. The van der Waals surface area contributed by atoms with Crippen LogP contribution in [-0.4, -0.2) is 85.9 Å². The van der Waals surface area contributed by atoms with E-state index in [2.05, 4.69) is 35.1 Å². The van der Waals surface area contributed by atoms with Gasteiger partial charge in [-0.3, -0.25) is 19.1 Å². The Hall–Kier alpha value is -4.69. The third-order valence-electron chi connectivity index (χ3n) is 10.5. The monoisotopic (exact) mass is 736 g/mol. The maximum atomic E-state index is 14.4. The fourth-order valence-corrected chi connectivity index (χ4v) is 8.53. The van der Waals surface area contributed by atoms with Crippen LogP contribution in [0.4, 0.5) is 4.79 Å². The van der Waals surface area contributed by atoms with Crippen molar-refractivity contribution in [3.63, 3.8) is 0 Å². The van der Waals surface area contributed by atoms with Crippen molar-refractivity contribution in [1.82, 2.24) is 20.3 Å². The van der Waals surface area contributed by atoms with Gasteiger partial charge in [0.1, 0.15) is 29.0 Å². The molecule has 2 aromatic rings. The lowest BCUT2D eigenvalue weighted by molar-refractivity contribution is -0.141. The Morgan fingerprint density at radius 3 is 2.38 bits per heavy atom. The van der Waals surface area contributed by atoms with Gasteiger partial charge >= 0.3 is 6.09 Å². The summed E-state index contributed by atoms with van der Waals surface area (Å²) in [6.45, 7) is 11.3. The Bertz CT molecular complexity index is 1880.